The van der Waals surface area contributed by atoms with Gasteiger partial charge in [-0.1, -0.05) is 28.1 Å². The van der Waals surface area contributed by atoms with Gasteiger partial charge in [0.1, 0.15) is 6.54 Å². The average molecular weight is 397 g/mol. The van der Waals surface area contributed by atoms with E-state index < -0.39 is 0 Å². The molecule has 1 aromatic rings. The van der Waals surface area contributed by atoms with Gasteiger partial charge in [-0.25, -0.2) is 0 Å². The third kappa shape index (κ3) is 4.23. The molecule has 7 heteroatoms. The molecule has 3 rings (SSSR count). The molecule has 1 amide bonds. The van der Waals surface area contributed by atoms with Crippen LogP contribution >= 0.6 is 27.7 Å². The molecule has 5 nitrogen and oxygen atoms in total. The smallest absolute Gasteiger partial charge is 0.286 e. The van der Waals surface area contributed by atoms with Crippen LogP contribution in [-0.4, -0.2) is 60.4 Å². The van der Waals surface area contributed by atoms with Gasteiger partial charge in [0.2, 0.25) is 0 Å². The number of benzene rings is 1. The number of amidine groups is 1. The van der Waals surface area contributed by atoms with E-state index >= 15 is 0 Å². The van der Waals surface area contributed by atoms with Crippen molar-refractivity contribution in [3.8, 4) is 0 Å². The van der Waals surface area contributed by atoms with E-state index in [-0.39, 0.29) is 12.5 Å². The second-order valence-corrected chi connectivity index (χ2v) is 7.50. The summed E-state index contributed by atoms with van der Waals surface area (Å²) < 4.78 is 1.02. The molecule has 23 heavy (non-hydrogen) atoms. The Bertz CT molecular complexity index is 637. The first-order valence-electron chi connectivity index (χ1n) is 7.63. The van der Waals surface area contributed by atoms with Gasteiger partial charge in [0, 0.05) is 4.47 Å². The second kappa shape index (κ2) is 7.61. The third-order valence-electron chi connectivity index (χ3n) is 3.98. The molecule has 122 valence electrons. The Labute approximate surface area is 148 Å². The summed E-state index contributed by atoms with van der Waals surface area (Å²) in [5, 5.41) is 9.81. The van der Waals surface area contributed by atoms with Crippen LogP contribution in [0.25, 0.3) is 6.08 Å². The number of quaternary nitrogens is 1. The number of hydrogen-bond donors (Lipinski definition) is 2. The zero-order valence-electron chi connectivity index (χ0n) is 12.7. The molecular formula is C16H19BrN3O2S+. The van der Waals surface area contributed by atoms with Crippen molar-refractivity contribution < 1.29 is 14.8 Å². The van der Waals surface area contributed by atoms with Crippen molar-refractivity contribution in [1.29, 1.82) is 0 Å². The minimum Gasteiger partial charge on any atom is -0.391 e. The van der Waals surface area contributed by atoms with Crippen molar-refractivity contribution in [2.75, 3.05) is 39.3 Å². The number of aliphatic hydroxyl groups is 1. The molecule has 0 aromatic heterocycles. The Morgan fingerprint density at radius 1 is 1.30 bits per heavy atom. The van der Waals surface area contributed by atoms with Gasteiger partial charge >= 0.3 is 0 Å². The summed E-state index contributed by atoms with van der Waals surface area (Å²) in [6.45, 7) is 4.71. The highest BCUT2D eigenvalue weighted by molar-refractivity contribution is 9.10. The van der Waals surface area contributed by atoms with Crippen molar-refractivity contribution in [2.45, 2.75) is 0 Å². The van der Waals surface area contributed by atoms with Crippen LogP contribution in [-0.2, 0) is 4.79 Å². The molecule has 0 spiro atoms. The predicted octanol–water partition coefficient (Wildman–Crippen LogP) is 0.612. The van der Waals surface area contributed by atoms with Gasteiger partial charge in [0.05, 0.1) is 37.7 Å². The maximum absolute atomic E-state index is 12.1. The lowest BCUT2D eigenvalue weighted by Gasteiger charge is -2.32. The van der Waals surface area contributed by atoms with E-state index in [1.165, 1.54) is 16.7 Å². The Morgan fingerprint density at radius 2 is 2.00 bits per heavy atom. The molecule has 2 aliphatic heterocycles. The van der Waals surface area contributed by atoms with Crippen LogP contribution < -0.4 is 4.90 Å². The molecule has 0 radical (unpaired) electrons. The first kappa shape index (κ1) is 16.7. The van der Waals surface area contributed by atoms with Crippen molar-refractivity contribution in [1.82, 2.24) is 4.90 Å². The van der Waals surface area contributed by atoms with Gasteiger partial charge in [-0.05, 0) is 35.5 Å². The first-order valence-corrected chi connectivity index (χ1v) is 9.24. The fraction of sp³-hybridized carbons (Fsp3) is 0.375. The minimum absolute atomic E-state index is 0.155. The summed E-state index contributed by atoms with van der Waals surface area (Å²) >= 11 is 4.86. The topological polar surface area (TPSA) is 57.3 Å². The monoisotopic (exact) mass is 396 g/mol. The highest BCUT2D eigenvalue weighted by atomic mass is 79.9. The van der Waals surface area contributed by atoms with E-state index in [1.54, 1.807) is 0 Å². The molecule has 0 unspecified atom stereocenters. The third-order valence-corrected chi connectivity index (χ3v) is 5.56. The van der Waals surface area contributed by atoms with E-state index in [4.69, 9.17) is 5.11 Å². The Balaban J connectivity index is 1.63. The SMILES string of the molecule is O=C1N=C(N2CC[NH+](CCO)CC2)S/C1=C\c1ccc(Br)cc1. The molecule has 0 aliphatic carbocycles. The largest absolute Gasteiger partial charge is 0.391 e. The molecule has 1 aromatic carbocycles. The van der Waals surface area contributed by atoms with Crippen molar-refractivity contribution in [3.63, 3.8) is 0 Å². The fourth-order valence-electron chi connectivity index (χ4n) is 2.67. The molecule has 1 saturated heterocycles. The van der Waals surface area contributed by atoms with Crippen LogP contribution in [0.4, 0.5) is 0 Å². The Hall–Kier alpha value is -1.15. The number of thioether (sulfide) groups is 1. The number of piperazine rings is 1. The zero-order valence-corrected chi connectivity index (χ0v) is 15.1. The zero-order chi connectivity index (χ0) is 16.2. The minimum atomic E-state index is -0.155. The average Bonchev–Trinajstić information content (AvgIpc) is 2.92. The van der Waals surface area contributed by atoms with Gasteiger partial charge in [0.25, 0.3) is 5.91 Å². The lowest BCUT2D eigenvalue weighted by molar-refractivity contribution is -0.904. The standard InChI is InChI=1S/C16H18BrN3O2S/c17-13-3-1-12(2-4-13)11-14-15(22)18-16(23-14)20-7-5-19(6-8-20)9-10-21/h1-4,11,21H,5-10H2/p+1/b14-11-. The van der Waals surface area contributed by atoms with Gasteiger partial charge in [-0.3, -0.25) is 4.79 Å². The van der Waals surface area contributed by atoms with E-state index in [0.29, 0.717) is 4.91 Å². The molecule has 2 aliphatic rings. The van der Waals surface area contributed by atoms with E-state index in [1.807, 2.05) is 30.3 Å². The number of aliphatic imine (C=N–C) groups is 1. The summed E-state index contributed by atoms with van der Waals surface area (Å²) in [4.78, 5) is 20.6. The van der Waals surface area contributed by atoms with Crippen LogP contribution in [0, 0.1) is 0 Å². The summed E-state index contributed by atoms with van der Waals surface area (Å²) in [6.07, 6.45) is 1.89. The lowest BCUT2D eigenvalue weighted by atomic mass is 10.2. The van der Waals surface area contributed by atoms with Gasteiger partial charge < -0.3 is 14.9 Å². The molecule has 2 N–H and O–H groups in total. The van der Waals surface area contributed by atoms with Crippen LogP contribution in [0.2, 0.25) is 0 Å². The van der Waals surface area contributed by atoms with Crippen molar-refractivity contribution in [2.24, 2.45) is 4.99 Å². The number of nitrogens with one attached hydrogen (secondary N) is 1. The summed E-state index contributed by atoms with van der Waals surface area (Å²) in [7, 11) is 0. The fourth-order valence-corrected chi connectivity index (χ4v) is 3.90. The number of halogens is 1. The summed E-state index contributed by atoms with van der Waals surface area (Å²) in [5.41, 5.74) is 0.998. The molecule has 0 bridgehead atoms. The van der Waals surface area contributed by atoms with Crippen LogP contribution in [0.1, 0.15) is 5.56 Å². The number of rotatable bonds is 3. The van der Waals surface area contributed by atoms with E-state index in [9.17, 15) is 4.79 Å². The number of carbonyl (C=O) groups excluding carboxylic acids is 1. The molecular weight excluding hydrogens is 378 g/mol. The molecule has 1 fully saturated rings. The first-order chi connectivity index (χ1) is 11.2. The van der Waals surface area contributed by atoms with Crippen LogP contribution in [0.3, 0.4) is 0 Å². The van der Waals surface area contributed by atoms with Crippen LogP contribution in [0.5, 0.6) is 0 Å². The van der Waals surface area contributed by atoms with Gasteiger partial charge in [0.15, 0.2) is 5.17 Å². The second-order valence-electron chi connectivity index (χ2n) is 5.57. The summed E-state index contributed by atoms with van der Waals surface area (Å²) in [5.74, 6) is -0.155. The number of hydrogen-bond acceptors (Lipinski definition) is 4. The number of nitrogens with zero attached hydrogens (tertiary/aromatic N) is 2. The van der Waals surface area contributed by atoms with Crippen molar-refractivity contribution >= 4 is 44.8 Å². The lowest BCUT2D eigenvalue weighted by Crippen LogP contribution is -3.15. The Morgan fingerprint density at radius 3 is 2.65 bits per heavy atom. The van der Waals surface area contributed by atoms with E-state index in [0.717, 1.165) is 47.9 Å². The maximum atomic E-state index is 12.1. The van der Waals surface area contributed by atoms with Crippen LogP contribution in [0.15, 0.2) is 38.6 Å². The van der Waals surface area contributed by atoms with Gasteiger partial charge in [-0.15, -0.1) is 0 Å². The molecule has 0 saturated carbocycles. The van der Waals surface area contributed by atoms with Gasteiger partial charge in [-0.2, -0.15) is 4.99 Å². The molecule has 0 atom stereocenters. The highest BCUT2D eigenvalue weighted by Crippen LogP contribution is 2.30. The quantitative estimate of drug-likeness (QED) is 0.735. The number of amides is 1. The predicted molar refractivity (Wildman–Crippen MR) is 96.4 cm³/mol. The maximum Gasteiger partial charge on any atom is 0.286 e. The highest BCUT2D eigenvalue weighted by Gasteiger charge is 2.29. The summed E-state index contributed by atoms with van der Waals surface area (Å²) in [6, 6.07) is 7.86. The van der Waals surface area contributed by atoms with Crippen molar-refractivity contribution in [3.05, 3.63) is 39.2 Å². The Kier molecular flexibility index (Phi) is 5.53. The van der Waals surface area contributed by atoms with E-state index in [2.05, 4.69) is 25.8 Å². The number of carbonyl (C=O) groups is 1. The normalized spacial score (nSPS) is 21.1. The molecule has 2 heterocycles. The number of aliphatic hydroxyl groups excluding tert-OH is 1.